The molecular weight excluding hydrogens is 567 g/mol. The van der Waals surface area contributed by atoms with Gasteiger partial charge in [-0.1, -0.05) is 70.3 Å². The van der Waals surface area contributed by atoms with Gasteiger partial charge in [-0.05, 0) is 72.8 Å². The number of hydrogen-bond acceptors (Lipinski definition) is 6. The van der Waals surface area contributed by atoms with Crippen molar-refractivity contribution >= 4 is 63.6 Å². The maximum Gasteiger partial charge on any atom is 0.259 e. The lowest BCUT2D eigenvalue weighted by molar-refractivity contribution is 0.305. The standard InChI is InChI=1S/C31H21Cl3N4O2/c32-23-10-8-22(28(34)17-23)19-39-30-7-2-1-5-21(30)9-12-26(14-13-25-6-3-4-16-35-25)38-40-31-27-15-11-24(33)18-29(27)36-20-37-31/h1-18,20H,19H2/b12-9+,14-13+,38-26-. The summed E-state index contributed by atoms with van der Waals surface area (Å²) in [6, 6.07) is 23.9. The molecule has 0 aliphatic carbocycles. The van der Waals surface area contributed by atoms with Gasteiger partial charge in [-0.25, -0.2) is 4.98 Å². The maximum absolute atomic E-state index is 6.32. The molecule has 0 unspecified atom stereocenters. The Morgan fingerprint density at radius 3 is 2.45 bits per heavy atom. The molecule has 5 rings (SSSR count). The predicted molar refractivity (Wildman–Crippen MR) is 162 cm³/mol. The molecule has 0 atom stereocenters. The quantitative estimate of drug-likeness (QED) is 0.127. The van der Waals surface area contributed by atoms with Crippen molar-refractivity contribution in [2.45, 2.75) is 6.61 Å². The van der Waals surface area contributed by atoms with E-state index >= 15 is 0 Å². The monoisotopic (exact) mass is 586 g/mol. The minimum Gasteiger partial charge on any atom is -0.488 e. The number of hydrogen-bond donors (Lipinski definition) is 0. The number of oxime groups is 1. The molecule has 0 spiro atoms. The first-order valence-corrected chi connectivity index (χ1v) is 13.3. The SMILES string of the molecule is Clc1ccc(COc2ccccc2/C=C/C(/C=C/c2ccccn2)=N/Oc2ncnc3cc(Cl)ccc23)c(Cl)c1. The molecule has 0 aliphatic rings. The lowest BCUT2D eigenvalue weighted by Gasteiger charge is -2.10. The van der Waals surface area contributed by atoms with Crippen LogP contribution in [0.25, 0.3) is 23.1 Å². The number of nitrogens with zero attached hydrogens (tertiary/aromatic N) is 4. The van der Waals surface area contributed by atoms with E-state index in [9.17, 15) is 0 Å². The van der Waals surface area contributed by atoms with E-state index in [-0.39, 0.29) is 6.61 Å². The van der Waals surface area contributed by atoms with E-state index in [2.05, 4.69) is 20.1 Å². The molecule has 0 N–H and O–H groups in total. The fourth-order valence-electron chi connectivity index (χ4n) is 3.65. The van der Waals surface area contributed by atoms with Crippen LogP contribution in [0.2, 0.25) is 15.1 Å². The van der Waals surface area contributed by atoms with Gasteiger partial charge >= 0.3 is 0 Å². The summed E-state index contributed by atoms with van der Waals surface area (Å²) in [6.07, 6.45) is 10.5. The first-order valence-electron chi connectivity index (χ1n) is 12.1. The van der Waals surface area contributed by atoms with Crippen LogP contribution in [0.15, 0.2) is 109 Å². The average Bonchev–Trinajstić information content (AvgIpc) is 2.97. The second-order valence-electron chi connectivity index (χ2n) is 8.43. The summed E-state index contributed by atoms with van der Waals surface area (Å²) in [4.78, 5) is 18.6. The highest BCUT2D eigenvalue weighted by Crippen LogP contribution is 2.26. The third kappa shape index (κ3) is 7.24. The van der Waals surface area contributed by atoms with Crippen molar-refractivity contribution in [3.8, 4) is 11.6 Å². The Morgan fingerprint density at radius 1 is 0.800 bits per heavy atom. The van der Waals surface area contributed by atoms with Gasteiger partial charge in [0, 0.05) is 32.4 Å². The van der Waals surface area contributed by atoms with Gasteiger partial charge in [-0.2, -0.15) is 4.98 Å². The molecule has 0 radical (unpaired) electrons. The Kier molecular flexibility index (Phi) is 9.04. The predicted octanol–water partition coefficient (Wildman–Crippen LogP) is 8.73. The normalized spacial score (nSPS) is 11.9. The van der Waals surface area contributed by atoms with E-state index in [0.29, 0.717) is 43.3 Å². The van der Waals surface area contributed by atoms with Gasteiger partial charge in [0.1, 0.15) is 24.4 Å². The molecule has 0 amide bonds. The first-order chi connectivity index (χ1) is 19.5. The van der Waals surface area contributed by atoms with Crippen LogP contribution in [0.5, 0.6) is 11.6 Å². The summed E-state index contributed by atoms with van der Waals surface area (Å²) < 4.78 is 6.09. The Morgan fingerprint density at radius 2 is 1.60 bits per heavy atom. The molecule has 2 heterocycles. The van der Waals surface area contributed by atoms with Crippen molar-refractivity contribution in [3.05, 3.63) is 135 Å². The van der Waals surface area contributed by atoms with Gasteiger partial charge in [-0.15, -0.1) is 0 Å². The molecule has 0 bridgehead atoms. The van der Waals surface area contributed by atoms with Gasteiger partial charge in [0.2, 0.25) is 0 Å². The second kappa shape index (κ2) is 13.2. The highest BCUT2D eigenvalue weighted by molar-refractivity contribution is 6.35. The first kappa shape index (κ1) is 27.3. The lowest BCUT2D eigenvalue weighted by Crippen LogP contribution is -1.98. The van der Waals surface area contributed by atoms with Crippen LogP contribution in [0, 0.1) is 0 Å². The zero-order chi connectivity index (χ0) is 27.7. The van der Waals surface area contributed by atoms with Crippen LogP contribution in [-0.2, 0) is 6.61 Å². The summed E-state index contributed by atoms with van der Waals surface area (Å²) in [7, 11) is 0. The zero-order valence-electron chi connectivity index (χ0n) is 20.9. The molecule has 40 heavy (non-hydrogen) atoms. The summed E-state index contributed by atoms with van der Waals surface area (Å²) in [5.74, 6) is 0.986. The molecule has 3 aromatic carbocycles. The van der Waals surface area contributed by atoms with Crippen molar-refractivity contribution in [2.75, 3.05) is 0 Å². The van der Waals surface area contributed by atoms with Crippen LogP contribution in [0.4, 0.5) is 0 Å². The van der Waals surface area contributed by atoms with Crippen LogP contribution < -0.4 is 9.57 Å². The van der Waals surface area contributed by atoms with E-state index in [0.717, 1.165) is 16.8 Å². The smallest absolute Gasteiger partial charge is 0.259 e. The number of ether oxygens (including phenoxy) is 1. The maximum atomic E-state index is 6.32. The zero-order valence-corrected chi connectivity index (χ0v) is 23.2. The van der Waals surface area contributed by atoms with Crippen LogP contribution in [0.3, 0.4) is 0 Å². The van der Waals surface area contributed by atoms with Crippen LogP contribution >= 0.6 is 34.8 Å². The number of rotatable bonds is 9. The number of pyridine rings is 1. The molecule has 9 heteroatoms. The van der Waals surface area contributed by atoms with Crippen molar-refractivity contribution in [1.29, 1.82) is 0 Å². The summed E-state index contributed by atoms with van der Waals surface area (Å²) >= 11 is 18.4. The molecular formula is C31H21Cl3N4O2. The number of benzene rings is 3. The van der Waals surface area contributed by atoms with E-state index in [1.807, 2.05) is 66.8 Å². The third-order valence-electron chi connectivity index (χ3n) is 5.66. The second-order valence-corrected chi connectivity index (χ2v) is 9.71. The van der Waals surface area contributed by atoms with Gasteiger partial charge in [0.15, 0.2) is 0 Å². The van der Waals surface area contributed by atoms with Crippen molar-refractivity contribution in [2.24, 2.45) is 5.16 Å². The van der Waals surface area contributed by atoms with Gasteiger partial charge < -0.3 is 9.57 Å². The number of para-hydroxylation sites is 1. The van der Waals surface area contributed by atoms with Crippen LogP contribution in [0.1, 0.15) is 16.8 Å². The van der Waals surface area contributed by atoms with Gasteiger partial charge in [0.25, 0.3) is 5.88 Å². The number of fused-ring (bicyclic) bond motifs is 1. The highest BCUT2D eigenvalue weighted by Gasteiger charge is 2.07. The molecule has 0 saturated heterocycles. The Labute approximate surface area is 246 Å². The lowest BCUT2D eigenvalue weighted by atomic mass is 10.1. The number of allylic oxidation sites excluding steroid dienone is 2. The van der Waals surface area contributed by atoms with Gasteiger partial charge in [-0.3, -0.25) is 4.98 Å². The summed E-state index contributed by atoms with van der Waals surface area (Å²) in [5, 5.41) is 6.74. The average molecular weight is 588 g/mol. The Hall–Kier alpha value is -4.23. The number of aromatic nitrogens is 3. The van der Waals surface area contributed by atoms with Gasteiger partial charge in [0.05, 0.1) is 16.6 Å². The molecule has 0 saturated carbocycles. The fraction of sp³-hybridized carbons (Fsp3) is 0.0323. The molecule has 5 aromatic rings. The minimum absolute atomic E-state index is 0.287. The topological polar surface area (TPSA) is 69.5 Å². The highest BCUT2D eigenvalue weighted by atomic mass is 35.5. The van der Waals surface area contributed by atoms with E-state index in [1.165, 1.54) is 6.33 Å². The molecule has 6 nitrogen and oxygen atoms in total. The van der Waals surface area contributed by atoms with Crippen molar-refractivity contribution in [3.63, 3.8) is 0 Å². The largest absolute Gasteiger partial charge is 0.488 e. The van der Waals surface area contributed by atoms with Crippen molar-refractivity contribution in [1.82, 2.24) is 15.0 Å². The Balaban J connectivity index is 1.41. The van der Waals surface area contributed by atoms with E-state index in [1.54, 1.807) is 42.6 Å². The Bertz CT molecular complexity index is 1720. The number of halogens is 3. The summed E-state index contributed by atoms with van der Waals surface area (Å²) in [6.45, 7) is 0.287. The van der Waals surface area contributed by atoms with Crippen molar-refractivity contribution < 1.29 is 9.57 Å². The molecule has 2 aromatic heterocycles. The van der Waals surface area contributed by atoms with Crippen LogP contribution in [-0.4, -0.2) is 20.7 Å². The molecule has 198 valence electrons. The van der Waals surface area contributed by atoms with E-state index < -0.39 is 0 Å². The van der Waals surface area contributed by atoms with E-state index in [4.69, 9.17) is 44.4 Å². The molecule has 0 fully saturated rings. The fourth-order valence-corrected chi connectivity index (χ4v) is 4.28. The molecule has 0 aliphatic heterocycles. The minimum atomic E-state index is 0.287. The third-order valence-corrected chi connectivity index (χ3v) is 6.49. The summed E-state index contributed by atoms with van der Waals surface area (Å²) in [5.41, 5.74) is 3.61.